The summed E-state index contributed by atoms with van der Waals surface area (Å²) in [6.45, 7) is 0. The summed E-state index contributed by atoms with van der Waals surface area (Å²) in [7, 11) is 1.48. The Kier molecular flexibility index (Phi) is 5.30. The van der Waals surface area contributed by atoms with E-state index in [4.69, 9.17) is 28.6 Å². The van der Waals surface area contributed by atoms with Gasteiger partial charge >= 0.3 is 0 Å². The molecular weight excluding hydrogens is 345 g/mol. The molecule has 2 rings (SSSR count). The predicted molar refractivity (Wildman–Crippen MR) is 90.9 cm³/mol. The monoisotopic (exact) mass is 355 g/mol. The van der Waals surface area contributed by atoms with Crippen LogP contribution in [0.15, 0.2) is 36.4 Å². The zero-order valence-electron chi connectivity index (χ0n) is 11.8. The van der Waals surface area contributed by atoms with Crippen LogP contribution in [0.5, 0.6) is 5.75 Å². The van der Waals surface area contributed by atoms with E-state index < -0.39 is 10.7 Å². The van der Waals surface area contributed by atoms with Crippen molar-refractivity contribution in [2.24, 2.45) is 0 Å². The van der Waals surface area contributed by atoms with E-state index in [1.165, 1.54) is 7.11 Å². The maximum atomic E-state index is 13.7. The summed E-state index contributed by atoms with van der Waals surface area (Å²) in [5, 5.41) is 16.6. The van der Waals surface area contributed by atoms with Crippen LogP contribution in [0.4, 0.5) is 21.5 Å². The number of benzene rings is 2. The molecule has 9 heteroatoms. The second-order valence-corrected chi connectivity index (χ2v) is 5.19. The van der Waals surface area contributed by atoms with E-state index in [9.17, 15) is 14.5 Å². The Morgan fingerprint density at radius 1 is 1.26 bits per heavy atom. The number of ether oxygens (including phenoxy) is 1. The van der Waals surface area contributed by atoms with Crippen LogP contribution < -0.4 is 15.4 Å². The Bertz CT molecular complexity index is 773. The molecule has 0 saturated heterocycles. The van der Waals surface area contributed by atoms with Gasteiger partial charge in [-0.15, -0.1) is 0 Å². The van der Waals surface area contributed by atoms with Crippen molar-refractivity contribution < 1.29 is 14.1 Å². The zero-order chi connectivity index (χ0) is 17.0. The summed E-state index contributed by atoms with van der Waals surface area (Å²) >= 11 is 11.0. The van der Waals surface area contributed by atoms with E-state index in [2.05, 4.69) is 10.6 Å². The zero-order valence-corrected chi connectivity index (χ0v) is 13.4. The van der Waals surface area contributed by atoms with Gasteiger partial charge in [-0.2, -0.15) is 0 Å². The largest absolute Gasteiger partial charge is 0.495 e. The van der Waals surface area contributed by atoms with E-state index in [0.717, 1.165) is 18.2 Å². The number of non-ortho nitro benzene ring substituents is 1. The fourth-order valence-electron chi connectivity index (χ4n) is 1.78. The molecule has 0 bridgehead atoms. The van der Waals surface area contributed by atoms with Gasteiger partial charge in [-0.3, -0.25) is 10.1 Å². The van der Waals surface area contributed by atoms with Crippen molar-refractivity contribution in [3.8, 4) is 5.75 Å². The topological polar surface area (TPSA) is 76.4 Å². The lowest BCUT2D eigenvalue weighted by atomic mass is 10.2. The van der Waals surface area contributed by atoms with Crippen LogP contribution >= 0.6 is 23.8 Å². The summed E-state index contributed by atoms with van der Waals surface area (Å²) in [6.07, 6.45) is 0. The highest BCUT2D eigenvalue weighted by atomic mass is 35.5. The highest BCUT2D eigenvalue weighted by Gasteiger charge is 2.13. The smallest absolute Gasteiger partial charge is 0.271 e. The first-order chi connectivity index (χ1) is 10.9. The minimum Gasteiger partial charge on any atom is -0.495 e. The van der Waals surface area contributed by atoms with Crippen molar-refractivity contribution in [1.82, 2.24) is 0 Å². The molecule has 0 heterocycles. The van der Waals surface area contributed by atoms with Gasteiger partial charge in [0, 0.05) is 17.2 Å². The molecule has 0 amide bonds. The molecule has 0 fully saturated rings. The number of methoxy groups -OCH3 is 1. The Labute approximate surface area is 141 Å². The third-order valence-corrected chi connectivity index (χ3v) is 3.26. The van der Waals surface area contributed by atoms with Crippen molar-refractivity contribution in [1.29, 1.82) is 0 Å². The minimum absolute atomic E-state index is 0.0324. The lowest BCUT2D eigenvalue weighted by Crippen LogP contribution is -2.20. The molecule has 0 radical (unpaired) electrons. The molecule has 6 nitrogen and oxygen atoms in total. The van der Waals surface area contributed by atoms with Crippen molar-refractivity contribution in [2.45, 2.75) is 0 Å². The molecule has 0 saturated carbocycles. The van der Waals surface area contributed by atoms with E-state index in [0.29, 0.717) is 16.5 Å². The highest BCUT2D eigenvalue weighted by Crippen LogP contribution is 2.28. The molecule has 0 aromatic heterocycles. The van der Waals surface area contributed by atoms with Gasteiger partial charge in [-0.25, -0.2) is 4.39 Å². The van der Waals surface area contributed by atoms with E-state index in [-0.39, 0.29) is 16.5 Å². The van der Waals surface area contributed by atoms with Gasteiger partial charge in [0.1, 0.15) is 11.6 Å². The lowest BCUT2D eigenvalue weighted by Gasteiger charge is -2.14. The molecule has 2 aromatic rings. The molecule has 0 unspecified atom stereocenters. The van der Waals surface area contributed by atoms with Crippen LogP contribution in [0.1, 0.15) is 0 Å². The molecule has 2 N–H and O–H groups in total. The summed E-state index contributed by atoms with van der Waals surface area (Å²) in [5.74, 6) is -0.184. The number of hydrogen-bond donors (Lipinski definition) is 2. The third kappa shape index (κ3) is 4.27. The second kappa shape index (κ2) is 7.21. The maximum Gasteiger partial charge on any atom is 0.271 e. The number of hydrogen-bond acceptors (Lipinski definition) is 4. The van der Waals surface area contributed by atoms with Crippen molar-refractivity contribution in [3.05, 3.63) is 57.4 Å². The number of anilines is 2. The van der Waals surface area contributed by atoms with Crippen LogP contribution in [0.3, 0.4) is 0 Å². The van der Waals surface area contributed by atoms with Gasteiger partial charge in [-0.1, -0.05) is 11.6 Å². The lowest BCUT2D eigenvalue weighted by molar-refractivity contribution is -0.384. The van der Waals surface area contributed by atoms with Gasteiger partial charge in [0.2, 0.25) is 0 Å². The van der Waals surface area contributed by atoms with Crippen LogP contribution in [-0.2, 0) is 0 Å². The second-order valence-electron chi connectivity index (χ2n) is 4.34. The molecule has 2 aromatic carbocycles. The quantitative estimate of drug-likeness (QED) is 0.486. The molecule has 0 aliphatic carbocycles. The van der Waals surface area contributed by atoms with Gasteiger partial charge in [-0.05, 0) is 36.5 Å². The number of thiocarbonyl (C=S) groups is 1. The van der Waals surface area contributed by atoms with Gasteiger partial charge < -0.3 is 15.4 Å². The van der Waals surface area contributed by atoms with E-state index in [1.807, 2.05) is 0 Å². The third-order valence-electron chi connectivity index (χ3n) is 2.82. The Hall–Kier alpha value is -2.45. The Balaban J connectivity index is 2.19. The molecule has 0 aliphatic rings. The van der Waals surface area contributed by atoms with Crippen LogP contribution in [0, 0.1) is 15.9 Å². The normalized spacial score (nSPS) is 10.0. The minimum atomic E-state index is -0.669. The van der Waals surface area contributed by atoms with Gasteiger partial charge in [0.15, 0.2) is 5.11 Å². The Morgan fingerprint density at radius 2 is 1.96 bits per heavy atom. The molecule has 0 aliphatic heterocycles. The molecule has 0 atom stereocenters. The summed E-state index contributed by atoms with van der Waals surface area (Å²) < 4.78 is 18.9. The summed E-state index contributed by atoms with van der Waals surface area (Å²) in [5.41, 5.74) is 0.109. The first-order valence-electron chi connectivity index (χ1n) is 6.26. The van der Waals surface area contributed by atoms with Crippen LogP contribution in [-0.4, -0.2) is 17.1 Å². The number of nitrogens with zero attached hydrogens (tertiary/aromatic N) is 1. The number of nitro groups is 1. The summed E-state index contributed by atoms with van der Waals surface area (Å²) in [4.78, 5) is 10.1. The van der Waals surface area contributed by atoms with Gasteiger partial charge in [0.25, 0.3) is 5.69 Å². The fourth-order valence-corrected chi connectivity index (χ4v) is 2.17. The van der Waals surface area contributed by atoms with Crippen molar-refractivity contribution in [3.63, 3.8) is 0 Å². The average molecular weight is 356 g/mol. The molecule has 120 valence electrons. The van der Waals surface area contributed by atoms with E-state index >= 15 is 0 Å². The van der Waals surface area contributed by atoms with Gasteiger partial charge in [0.05, 0.1) is 23.4 Å². The highest BCUT2D eigenvalue weighted by molar-refractivity contribution is 7.80. The number of halogens is 2. The summed E-state index contributed by atoms with van der Waals surface area (Å²) in [6, 6.07) is 7.97. The number of nitrogens with one attached hydrogen (secondary N) is 2. The molecule has 23 heavy (non-hydrogen) atoms. The maximum absolute atomic E-state index is 13.7. The van der Waals surface area contributed by atoms with E-state index in [1.54, 1.807) is 18.2 Å². The fraction of sp³-hybridized carbons (Fsp3) is 0.0714. The standard InChI is InChI=1S/C14H11ClFN3O3S/c1-22-13-5-2-8(15)6-12(13)18-14(23)17-11-7-9(19(20)21)3-4-10(11)16/h2-7H,1H3,(H2,17,18,23). The number of nitro benzene ring substituents is 1. The Morgan fingerprint density at radius 3 is 2.61 bits per heavy atom. The predicted octanol–water partition coefficient (Wildman–Crippen LogP) is 4.20. The van der Waals surface area contributed by atoms with Crippen molar-refractivity contribution >= 4 is 46.0 Å². The van der Waals surface area contributed by atoms with Crippen molar-refractivity contribution in [2.75, 3.05) is 17.7 Å². The first kappa shape index (κ1) is 16.9. The average Bonchev–Trinajstić information content (AvgIpc) is 2.49. The SMILES string of the molecule is COc1ccc(Cl)cc1NC(=S)Nc1cc([N+](=O)[O-])ccc1F. The first-order valence-corrected chi connectivity index (χ1v) is 7.05. The molecule has 0 spiro atoms. The number of rotatable bonds is 4. The van der Waals surface area contributed by atoms with Crippen LogP contribution in [0.25, 0.3) is 0 Å². The molecular formula is C14H11ClFN3O3S. The van der Waals surface area contributed by atoms with Crippen LogP contribution in [0.2, 0.25) is 5.02 Å².